The molecule has 1 heterocycles. The molecule has 2 rings (SSSR count). The molecule has 0 saturated carbocycles. The summed E-state index contributed by atoms with van der Waals surface area (Å²) in [6.45, 7) is 4.61. The lowest BCUT2D eigenvalue weighted by atomic mass is 10.1. The van der Waals surface area contributed by atoms with Crippen LogP contribution in [0.1, 0.15) is 28.1 Å². The highest BCUT2D eigenvalue weighted by Gasteiger charge is 2.09. The zero-order chi connectivity index (χ0) is 13.8. The average molecular weight is 259 g/mol. The molecule has 98 valence electrons. The fraction of sp³-hybridized carbons (Fsp3) is 0.286. The van der Waals surface area contributed by atoms with Crippen LogP contribution in [0.4, 0.5) is 4.39 Å². The molecule has 5 heteroatoms. The molecule has 0 atom stereocenters. The van der Waals surface area contributed by atoms with E-state index in [-0.39, 0.29) is 5.82 Å². The third-order valence-corrected chi connectivity index (χ3v) is 2.97. The van der Waals surface area contributed by atoms with Crippen molar-refractivity contribution in [2.45, 2.75) is 26.9 Å². The molecule has 1 aromatic heterocycles. The van der Waals surface area contributed by atoms with Crippen molar-refractivity contribution in [2.24, 2.45) is 0 Å². The molecular formula is C14H14FN3O. The number of rotatable bonds is 4. The number of benzene rings is 1. The monoisotopic (exact) mass is 259 g/mol. The second-order valence-corrected chi connectivity index (χ2v) is 4.32. The topological polar surface area (TPSA) is 61.9 Å². The molecule has 0 saturated heterocycles. The summed E-state index contributed by atoms with van der Waals surface area (Å²) >= 11 is 0. The van der Waals surface area contributed by atoms with E-state index in [2.05, 4.69) is 10.5 Å². The minimum Gasteiger partial charge on any atom is -0.361 e. The molecule has 19 heavy (non-hydrogen) atoms. The van der Waals surface area contributed by atoms with Crippen molar-refractivity contribution in [3.63, 3.8) is 0 Å². The Morgan fingerprint density at radius 2 is 2.16 bits per heavy atom. The van der Waals surface area contributed by atoms with E-state index >= 15 is 0 Å². The third kappa shape index (κ3) is 2.98. The Kier molecular flexibility index (Phi) is 3.93. The quantitative estimate of drug-likeness (QED) is 0.916. The number of nitrogens with zero attached hydrogens (tertiary/aromatic N) is 2. The van der Waals surface area contributed by atoms with Gasteiger partial charge in [0.25, 0.3) is 0 Å². The third-order valence-electron chi connectivity index (χ3n) is 2.97. The van der Waals surface area contributed by atoms with Crippen LogP contribution in [-0.4, -0.2) is 5.16 Å². The van der Waals surface area contributed by atoms with Gasteiger partial charge in [-0.1, -0.05) is 5.16 Å². The average Bonchev–Trinajstić information content (AvgIpc) is 2.72. The second-order valence-electron chi connectivity index (χ2n) is 4.32. The van der Waals surface area contributed by atoms with E-state index in [1.165, 1.54) is 12.1 Å². The molecule has 2 aromatic rings. The minimum absolute atomic E-state index is 0.315. The number of nitriles is 1. The zero-order valence-corrected chi connectivity index (χ0v) is 10.8. The molecule has 0 bridgehead atoms. The largest absolute Gasteiger partial charge is 0.361 e. The zero-order valence-electron chi connectivity index (χ0n) is 10.8. The van der Waals surface area contributed by atoms with Crippen molar-refractivity contribution in [3.8, 4) is 6.07 Å². The van der Waals surface area contributed by atoms with E-state index in [4.69, 9.17) is 9.78 Å². The van der Waals surface area contributed by atoms with Crippen LogP contribution >= 0.6 is 0 Å². The Morgan fingerprint density at radius 3 is 2.79 bits per heavy atom. The van der Waals surface area contributed by atoms with Crippen LogP contribution in [0, 0.1) is 31.0 Å². The lowest BCUT2D eigenvalue weighted by molar-refractivity contribution is 0.392. The highest BCUT2D eigenvalue weighted by atomic mass is 19.1. The van der Waals surface area contributed by atoms with Crippen LogP contribution in [0.25, 0.3) is 0 Å². The highest BCUT2D eigenvalue weighted by molar-refractivity contribution is 5.33. The molecule has 0 fully saturated rings. The fourth-order valence-corrected chi connectivity index (χ4v) is 1.86. The van der Waals surface area contributed by atoms with Gasteiger partial charge in [-0.05, 0) is 32.0 Å². The van der Waals surface area contributed by atoms with Crippen LogP contribution in [-0.2, 0) is 13.1 Å². The number of aryl methyl sites for hydroxylation is 2. The van der Waals surface area contributed by atoms with E-state index in [0.717, 1.165) is 17.0 Å². The minimum atomic E-state index is -0.315. The molecule has 0 amide bonds. The van der Waals surface area contributed by atoms with Gasteiger partial charge in [0.15, 0.2) is 0 Å². The second kappa shape index (κ2) is 5.63. The Bertz CT molecular complexity index is 609. The van der Waals surface area contributed by atoms with Crippen molar-refractivity contribution in [2.75, 3.05) is 0 Å². The maximum absolute atomic E-state index is 13.6. The van der Waals surface area contributed by atoms with Crippen LogP contribution in [0.15, 0.2) is 22.7 Å². The summed E-state index contributed by atoms with van der Waals surface area (Å²) in [6, 6.07) is 6.32. The summed E-state index contributed by atoms with van der Waals surface area (Å²) in [5.41, 5.74) is 2.74. The Balaban J connectivity index is 2.02. The van der Waals surface area contributed by atoms with E-state index < -0.39 is 0 Å². The molecule has 0 unspecified atom stereocenters. The summed E-state index contributed by atoms with van der Waals surface area (Å²) in [7, 11) is 0. The van der Waals surface area contributed by atoms with E-state index in [1.807, 2.05) is 19.9 Å². The van der Waals surface area contributed by atoms with Crippen LogP contribution < -0.4 is 5.32 Å². The van der Waals surface area contributed by atoms with Crippen molar-refractivity contribution in [3.05, 3.63) is 52.2 Å². The van der Waals surface area contributed by atoms with Gasteiger partial charge < -0.3 is 9.84 Å². The van der Waals surface area contributed by atoms with Gasteiger partial charge in [0.05, 0.1) is 17.3 Å². The maximum Gasteiger partial charge on any atom is 0.138 e. The summed E-state index contributed by atoms with van der Waals surface area (Å²) in [5.74, 6) is 0.446. The van der Waals surface area contributed by atoms with Crippen molar-refractivity contribution >= 4 is 0 Å². The molecule has 1 aromatic carbocycles. The molecular weight excluding hydrogens is 245 g/mol. The molecule has 0 radical (unpaired) electrons. The van der Waals surface area contributed by atoms with Gasteiger partial charge in [-0.15, -0.1) is 0 Å². The first-order valence-corrected chi connectivity index (χ1v) is 5.93. The van der Waals surface area contributed by atoms with Gasteiger partial charge in [0, 0.05) is 24.2 Å². The van der Waals surface area contributed by atoms with Gasteiger partial charge >= 0.3 is 0 Å². The number of aromatic nitrogens is 1. The molecule has 0 aliphatic heterocycles. The predicted molar refractivity (Wildman–Crippen MR) is 67.6 cm³/mol. The first kappa shape index (κ1) is 13.2. The lowest BCUT2D eigenvalue weighted by Crippen LogP contribution is -2.14. The molecule has 1 N–H and O–H groups in total. The van der Waals surface area contributed by atoms with Gasteiger partial charge in [-0.25, -0.2) is 4.39 Å². The van der Waals surface area contributed by atoms with E-state index in [0.29, 0.717) is 24.2 Å². The van der Waals surface area contributed by atoms with Gasteiger partial charge in [-0.2, -0.15) is 5.26 Å². The number of hydrogen-bond acceptors (Lipinski definition) is 4. The van der Waals surface area contributed by atoms with E-state index in [1.54, 1.807) is 6.07 Å². The number of hydrogen-bond donors (Lipinski definition) is 1. The first-order chi connectivity index (χ1) is 9.11. The highest BCUT2D eigenvalue weighted by Crippen LogP contribution is 2.13. The molecule has 0 spiro atoms. The van der Waals surface area contributed by atoms with Gasteiger partial charge in [0.2, 0.25) is 0 Å². The Hall–Kier alpha value is -2.19. The number of halogens is 1. The van der Waals surface area contributed by atoms with Crippen molar-refractivity contribution in [1.29, 1.82) is 5.26 Å². The standard InChI is InChI=1S/C14H14FN3O/c1-9-13(10(2)19-18-9)8-17-7-12-5-11(6-16)3-4-14(12)15/h3-5,17H,7-8H2,1-2H3. The Morgan fingerprint density at radius 1 is 1.37 bits per heavy atom. The smallest absolute Gasteiger partial charge is 0.138 e. The van der Waals surface area contributed by atoms with Crippen LogP contribution in [0.5, 0.6) is 0 Å². The normalized spacial score (nSPS) is 10.4. The number of nitrogens with one attached hydrogen (secondary N) is 1. The predicted octanol–water partition coefficient (Wildman–Crippen LogP) is 2.59. The maximum atomic E-state index is 13.6. The van der Waals surface area contributed by atoms with Gasteiger partial charge in [0.1, 0.15) is 11.6 Å². The van der Waals surface area contributed by atoms with Crippen LogP contribution in [0.3, 0.4) is 0 Å². The summed E-state index contributed by atoms with van der Waals surface area (Å²) in [5, 5.41) is 15.8. The van der Waals surface area contributed by atoms with Crippen LogP contribution in [0.2, 0.25) is 0 Å². The Labute approximate surface area is 110 Å². The SMILES string of the molecule is Cc1noc(C)c1CNCc1cc(C#N)ccc1F. The molecule has 4 nitrogen and oxygen atoms in total. The summed E-state index contributed by atoms with van der Waals surface area (Å²) < 4.78 is 18.6. The van der Waals surface area contributed by atoms with Gasteiger partial charge in [-0.3, -0.25) is 0 Å². The molecule has 0 aliphatic carbocycles. The summed E-state index contributed by atoms with van der Waals surface area (Å²) in [6.07, 6.45) is 0. The van der Waals surface area contributed by atoms with Crippen molar-refractivity contribution in [1.82, 2.24) is 10.5 Å². The van der Waals surface area contributed by atoms with Crippen molar-refractivity contribution < 1.29 is 8.91 Å². The first-order valence-electron chi connectivity index (χ1n) is 5.93. The van der Waals surface area contributed by atoms with E-state index in [9.17, 15) is 4.39 Å². The summed E-state index contributed by atoms with van der Waals surface area (Å²) in [4.78, 5) is 0. The lowest BCUT2D eigenvalue weighted by Gasteiger charge is -2.06. The fourth-order valence-electron chi connectivity index (χ4n) is 1.86. The molecule has 0 aliphatic rings.